The second-order valence-corrected chi connectivity index (χ2v) is 5.82. The molecule has 0 unspecified atom stereocenters. The number of carbonyl (C=O) groups is 2. The number of nitrogens with zero attached hydrogens (tertiary/aromatic N) is 1. The number of hydrogen-bond acceptors (Lipinski definition) is 5. The van der Waals surface area contributed by atoms with Crippen LogP contribution in [0.15, 0.2) is 18.2 Å². The number of carboxylic acid groups (broad SMARTS) is 1. The molecule has 0 saturated heterocycles. The van der Waals surface area contributed by atoms with E-state index in [2.05, 4.69) is 10.6 Å². The van der Waals surface area contributed by atoms with Crippen LogP contribution in [-0.4, -0.2) is 34.0 Å². The molecule has 0 saturated carbocycles. The first-order valence-electron chi connectivity index (χ1n) is 7.22. The molecule has 0 bridgehead atoms. The van der Waals surface area contributed by atoms with E-state index in [1.807, 2.05) is 0 Å². The van der Waals surface area contributed by atoms with E-state index in [0.717, 1.165) is 6.07 Å². The quantitative estimate of drug-likeness (QED) is 0.522. The molecular weight excluding hydrogens is 302 g/mol. The minimum Gasteiger partial charge on any atom is -0.480 e. The Hall–Kier alpha value is -2.64. The fraction of sp³-hybridized carbons (Fsp3) is 0.467. The maximum Gasteiger partial charge on any atom is 0.326 e. The fourth-order valence-corrected chi connectivity index (χ4v) is 1.97. The van der Waals surface area contributed by atoms with Crippen LogP contribution in [0.25, 0.3) is 0 Å². The number of carboxylic acids is 1. The second-order valence-electron chi connectivity index (χ2n) is 5.82. The van der Waals surface area contributed by atoms with Crippen molar-refractivity contribution in [3.63, 3.8) is 0 Å². The van der Waals surface area contributed by atoms with E-state index in [1.54, 1.807) is 27.7 Å². The molecule has 1 rings (SSSR count). The van der Waals surface area contributed by atoms with Gasteiger partial charge in [-0.1, -0.05) is 13.8 Å². The molecule has 3 N–H and O–H groups in total. The van der Waals surface area contributed by atoms with Crippen LogP contribution in [0.5, 0.6) is 0 Å². The van der Waals surface area contributed by atoms with Gasteiger partial charge in [0.1, 0.15) is 11.7 Å². The van der Waals surface area contributed by atoms with Crippen molar-refractivity contribution in [1.29, 1.82) is 0 Å². The van der Waals surface area contributed by atoms with Crippen molar-refractivity contribution >= 4 is 23.3 Å². The maximum atomic E-state index is 11.9. The highest BCUT2D eigenvalue weighted by atomic mass is 16.6. The van der Waals surface area contributed by atoms with Crippen molar-refractivity contribution in [2.75, 3.05) is 5.32 Å². The Morgan fingerprint density at radius 1 is 1.22 bits per heavy atom. The monoisotopic (exact) mass is 323 g/mol. The molecule has 0 fully saturated rings. The molecule has 8 nitrogen and oxygen atoms in total. The summed E-state index contributed by atoms with van der Waals surface area (Å²) in [6.45, 7) is 6.95. The molecule has 1 aromatic rings. The second kappa shape index (κ2) is 7.57. The number of aliphatic carboxylic acids is 1. The van der Waals surface area contributed by atoms with Gasteiger partial charge in [-0.25, -0.2) is 4.79 Å². The number of nitro benzene ring substituents is 1. The highest BCUT2D eigenvalue weighted by molar-refractivity contribution is 5.96. The molecule has 8 heteroatoms. The first-order valence-corrected chi connectivity index (χ1v) is 7.22. The Morgan fingerprint density at radius 2 is 1.83 bits per heavy atom. The molecule has 1 aromatic carbocycles. The van der Waals surface area contributed by atoms with Gasteiger partial charge < -0.3 is 15.7 Å². The Labute approximate surface area is 134 Å². The molecule has 0 spiro atoms. The SMILES string of the molecule is CC(C)NC(=O)c1ccc(N[C@@H](C(=O)O)C(C)C)c([N+](=O)[O-])c1. The summed E-state index contributed by atoms with van der Waals surface area (Å²) in [7, 11) is 0. The van der Waals surface area contributed by atoms with Crippen molar-refractivity contribution in [2.24, 2.45) is 5.92 Å². The molecule has 1 atom stereocenters. The zero-order valence-corrected chi connectivity index (χ0v) is 13.5. The summed E-state index contributed by atoms with van der Waals surface area (Å²) < 4.78 is 0. The summed E-state index contributed by atoms with van der Waals surface area (Å²) in [5, 5.41) is 25.7. The minimum absolute atomic E-state index is 0.0668. The van der Waals surface area contributed by atoms with Crippen LogP contribution in [0.2, 0.25) is 0 Å². The average Bonchev–Trinajstić information content (AvgIpc) is 2.42. The predicted octanol–water partition coefficient (Wildman–Crippen LogP) is 2.25. The van der Waals surface area contributed by atoms with Crippen LogP contribution in [0.1, 0.15) is 38.1 Å². The summed E-state index contributed by atoms with van der Waals surface area (Å²) in [4.78, 5) is 33.7. The molecule has 126 valence electrons. The Bertz CT molecular complexity index is 613. The topological polar surface area (TPSA) is 122 Å². The van der Waals surface area contributed by atoms with E-state index in [-0.39, 0.29) is 28.9 Å². The van der Waals surface area contributed by atoms with Gasteiger partial charge >= 0.3 is 5.97 Å². The Morgan fingerprint density at radius 3 is 2.26 bits per heavy atom. The Balaban J connectivity index is 3.17. The predicted molar refractivity (Wildman–Crippen MR) is 85.6 cm³/mol. The highest BCUT2D eigenvalue weighted by Crippen LogP contribution is 2.27. The van der Waals surface area contributed by atoms with Crippen molar-refractivity contribution in [3.8, 4) is 0 Å². The lowest BCUT2D eigenvalue weighted by atomic mass is 10.0. The van der Waals surface area contributed by atoms with Crippen LogP contribution in [0, 0.1) is 16.0 Å². The van der Waals surface area contributed by atoms with Gasteiger partial charge in [-0.15, -0.1) is 0 Å². The summed E-state index contributed by atoms with van der Waals surface area (Å²) in [6.07, 6.45) is 0. The smallest absolute Gasteiger partial charge is 0.326 e. The Kier molecular flexibility index (Phi) is 6.06. The summed E-state index contributed by atoms with van der Waals surface area (Å²) >= 11 is 0. The number of benzene rings is 1. The van der Waals surface area contributed by atoms with Crippen molar-refractivity contribution < 1.29 is 19.6 Å². The first-order chi connectivity index (χ1) is 10.6. The van der Waals surface area contributed by atoms with Gasteiger partial charge in [0, 0.05) is 17.7 Å². The normalized spacial score (nSPS) is 12.1. The van der Waals surface area contributed by atoms with Crippen molar-refractivity contribution in [1.82, 2.24) is 5.32 Å². The molecule has 0 radical (unpaired) electrons. The number of anilines is 1. The van der Waals surface area contributed by atoms with Crippen LogP contribution in [0.3, 0.4) is 0 Å². The molecule has 23 heavy (non-hydrogen) atoms. The number of nitrogens with one attached hydrogen (secondary N) is 2. The molecule has 0 aliphatic carbocycles. The van der Waals surface area contributed by atoms with Gasteiger partial charge in [0.25, 0.3) is 11.6 Å². The minimum atomic E-state index is -1.10. The largest absolute Gasteiger partial charge is 0.480 e. The van der Waals surface area contributed by atoms with Crippen LogP contribution < -0.4 is 10.6 Å². The van der Waals surface area contributed by atoms with Gasteiger partial charge in [0.15, 0.2) is 0 Å². The number of amides is 1. The fourth-order valence-electron chi connectivity index (χ4n) is 1.97. The third-order valence-electron chi connectivity index (χ3n) is 3.12. The van der Waals surface area contributed by atoms with Crippen LogP contribution >= 0.6 is 0 Å². The van der Waals surface area contributed by atoms with E-state index in [0.29, 0.717) is 0 Å². The molecular formula is C15H21N3O5. The van der Waals surface area contributed by atoms with Crippen molar-refractivity contribution in [2.45, 2.75) is 39.8 Å². The van der Waals surface area contributed by atoms with E-state index in [9.17, 15) is 24.8 Å². The highest BCUT2D eigenvalue weighted by Gasteiger charge is 2.25. The van der Waals surface area contributed by atoms with Crippen LogP contribution in [0.4, 0.5) is 11.4 Å². The number of carbonyl (C=O) groups excluding carboxylic acids is 1. The third kappa shape index (κ3) is 4.94. The molecule has 0 aromatic heterocycles. The lowest BCUT2D eigenvalue weighted by Crippen LogP contribution is -2.34. The summed E-state index contributed by atoms with van der Waals surface area (Å²) in [6, 6.07) is 2.85. The standard InChI is InChI=1S/C15H21N3O5/c1-8(2)13(15(20)21)17-11-6-5-10(7-12(11)18(22)23)14(19)16-9(3)4/h5-9,13,17H,1-4H3,(H,16,19)(H,20,21)/t13-/m1/s1. The number of nitro groups is 1. The van der Waals surface area contributed by atoms with Crippen LogP contribution in [-0.2, 0) is 4.79 Å². The van der Waals surface area contributed by atoms with Gasteiger partial charge in [-0.2, -0.15) is 0 Å². The average molecular weight is 323 g/mol. The number of hydrogen-bond donors (Lipinski definition) is 3. The molecule has 0 heterocycles. The van der Waals surface area contributed by atoms with E-state index in [4.69, 9.17) is 0 Å². The summed E-state index contributed by atoms with van der Waals surface area (Å²) in [5.74, 6) is -1.79. The maximum absolute atomic E-state index is 11.9. The van der Waals surface area contributed by atoms with E-state index < -0.39 is 22.8 Å². The number of rotatable bonds is 7. The molecule has 1 amide bonds. The zero-order valence-electron chi connectivity index (χ0n) is 13.5. The van der Waals surface area contributed by atoms with Gasteiger partial charge in [-0.3, -0.25) is 14.9 Å². The van der Waals surface area contributed by atoms with Gasteiger partial charge in [0.2, 0.25) is 0 Å². The van der Waals surface area contributed by atoms with E-state index >= 15 is 0 Å². The lowest BCUT2D eigenvalue weighted by molar-refractivity contribution is -0.384. The van der Waals surface area contributed by atoms with Gasteiger partial charge in [0.05, 0.1) is 4.92 Å². The molecule has 0 aliphatic rings. The van der Waals surface area contributed by atoms with E-state index in [1.165, 1.54) is 12.1 Å². The summed E-state index contributed by atoms with van der Waals surface area (Å²) in [5.41, 5.74) is -0.127. The first kappa shape index (κ1) is 18.4. The lowest BCUT2D eigenvalue weighted by Gasteiger charge is -2.19. The van der Waals surface area contributed by atoms with Gasteiger partial charge in [-0.05, 0) is 31.9 Å². The molecule has 0 aliphatic heterocycles. The zero-order chi connectivity index (χ0) is 17.7. The third-order valence-corrected chi connectivity index (χ3v) is 3.12. The van der Waals surface area contributed by atoms with Crippen molar-refractivity contribution in [3.05, 3.63) is 33.9 Å².